The summed E-state index contributed by atoms with van der Waals surface area (Å²) < 4.78 is 0. The fourth-order valence-corrected chi connectivity index (χ4v) is 2.24. The third kappa shape index (κ3) is 2.15. The first-order valence-corrected chi connectivity index (χ1v) is 5.67. The molecule has 4 heteroatoms. The largest absolute Gasteiger partial charge is 0.384 e. The number of carbonyl (C=O) groups excluding carboxylic acids is 1. The van der Waals surface area contributed by atoms with E-state index in [0.717, 1.165) is 12.8 Å². The van der Waals surface area contributed by atoms with Gasteiger partial charge in [-0.3, -0.25) is 4.79 Å². The van der Waals surface area contributed by atoms with Crippen LogP contribution in [0.3, 0.4) is 0 Å². The van der Waals surface area contributed by atoms with Gasteiger partial charge < -0.3 is 10.6 Å². The van der Waals surface area contributed by atoms with Crippen molar-refractivity contribution < 1.29 is 4.79 Å². The van der Waals surface area contributed by atoms with Gasteiger partial charge >= 0.3 is 0 Å². The molecule has 1 aromatic heterocycles. The molecule has 0 saturated heterocycles. The lowest BCUT2D eigenvalue weighted by molar-refractivity contribution is 0.0735. The van der Waals surface area contributed by atoms with Crippen molar-refractivity contribution >= 4 is 11.7 Å². The van der Waals surface area contributed by atoms with E-state index in [2.05, 4.69) is 4.98 Å². The molecular weight excluding hydrogens is 202 g/mol. The van der Waals surface area contributed by atoms with Crippen LogP contribution in [0.4, 0.5) is 5.82 Å². The molecule has 1 aliphatic carbocycles. The molecule has 1 fully saturated rings. The number of anilines is 1. The second-order valence-corrected chi connectivity index (χ2v) is 4.32. The zero-order chi connectivity index (χ0) is 11.5. The Hall–Kier alpha value is -1.58. The molecule has 0 radical (unpaired) electrons. The van der Waals surface area contributed by atoms with E-state index in [1.54, 1.807) is 18.3 Å². The molecule has 1 amide bonds. The van der Waals surface area contributed by atoms with Crippen LogP contribution < -0.4 is 5.73 Å². The number of hydrogen-bond acceptors (Lipinski definition) is 3. The topological polar surface area (TPSA) is 59.2 Å². The van der Waals surface area contributed by atoms with Gasteiger partial charge in [-0.1, -0.05) is 12.8 Å². The Balaban J connectivity index is 2.12. The summed E-state index contributed by atoms with van der Waals surface area (Å²) >= 11 is 0. The number of nitrogens with zero attached hydrogens (tertiary/aromatic N) is 2. The minimum absolute atomic E-state index is 0.0426. The number of nitrogen functional groups attached to an aromatic ring is 1. The first-order chi connectivity index (χ1) is 7.68. The van der Waals surface area contributed by atoms with Crippen molar-refractivity contribution in [2.75, 3.05) is 12.8 Å². The predicted octanol–water partition coefficient (Wildman–Crippen LogP) is 1.68. The van der Waals surface area contributed by atoms with E-state index in [1.807, 2.05) is 11.9 Å². The van der Waals surface area contributed by atoms with Crippen molar-refractivity contribution in [1.82, 2.24) is 9.88 Å². The fourth-order valence-electron chi connectivity index (χ4n) is 2.24. The van der Waals surface area contributed by atoms with Crippen LogP contribution >= 0.6 is 0 Å². The number of rotatable bonds is 2. The molecule has 0 aromatic carbocycles. The average molecular weight is 219 g/mol. The molecule has 1 aromatic rings. The van der Waals surface area contributed by atoms with Crippen LogP contribution in [-0.2, 0) is 0 Å². The third-order valence-corrected chi connectivity index (χ3v) is 3.22. The van der Waals surface area contributed by atoms with Crippen molar-refractivity contribution in [2.24, 2.45) is 0 Å². The van der Waals surface area contributed by atoms with Crippen molar-refractivity contribution in [3.05, 3.63) is 23.9 Å². The maximum atomic E-state index is 12.1. The highest BCUT2D eigenvalue weighted by atomic mass is 16.2. The van der Waals surface area contributed by atoms with Crippen molar-refractivity contribution in [2.45, 2.75) is 31.7 Å². The number of aromatic nitrogens is 1. The normalized spacial score (nSPS) is 16.3. The standard InChI is InChI=1S/C12H17N3O/c1-15(10-4-2-3-5-10)12(16)9-6-7-14-11(13)8-9/h6-8,10H,2-5H2,1H3,(H2,13,14). The van der Waals surface area contributed by atoms with Gasteiger partial charge in [0.25, 0.3) is 5.91 Å². The Morgan fingerprint density at radius 1 is 1.50 bits per heavy atom. The van der Waals surface area contributed by atoms with Gasteiger partial charge in [0.05, 0.1) is 0 Å². The zero-order valence-electron chi connectivity index (χ0n) is 9.52. The van der Waals surface area contributed by atoms with Gasteiger partial charge in [0.15, 0.2) is 0 Å². The molecule has 2 rings (SSSR count). The molecule has 0 spiro atoms. The molecule has 0 aliphatic heterocycles. The molecule has 0 unspecified atom stereocenters. The number of amides is 1. The van der Waals surface area contributed by atoms with Gasteiger partial charge in [0.1, 0.15) is 5.82 Å². The smallest absolute Gasteiger partial charge is 0.254 e. The summed E-state index contributed by atoms with van der Waals surface area (Å²) in [4.78, 5) is 17.8. The number of carbonyl (C=O) groups is 1. The van der Waals surface area contributed by atoms with Crippen molar-refractivity contribution in [3.8, 4) is 0 Å². The number of nitrogens with two attached hydrogens (primary N) is 1. The molecule has 86 valence electrons. The van der Waals surface area contributed by atoms with Gasteiger partial charge in [0, 0.05) is 24.8 Å². The predicted molar refractivity (Wildman–Crippen MR) is 63.0 cm³/mol. The highest BCUT2D eigenvalue weighted by Gasteiger charge is 2.24. The summed E-state index contributed by atoms with van der Waals surface area (Å²) in [7, 11) is 1.87. The molecule has 0 bridgehead atoms. The first-order valence-electron chi connectivity index (χ1n) is 5.67. The molecule has 16 heavy (non-hydrogen) atoms. The van der Waals surface area contributed by atoms with E-state index < -0.39 is 0 Å². The van der Waals surface area contributed by atoms with E-state index in [1.165, 1.54) is 12.8 Å². The van der Waals surface area contributed by atoms with Gasteiger partial charge in [-0.2, -0.15) is 0 Å². The Bertz CT molecular complexity index is 386. The molecular formula is C12H17N3O. The van der Waals surface area contributed by atoms with E-state index in [0.29, 0.717) is 17.4 Å². The maximum absolute atomic E-state index is 12.1. The lowest BCUT2D eigenvalue weighted by Gasteiger charge is -2.24. The average Bonchev–Trinajstić information content (AvgIpc) is 2.80. The fraction of sp³-hybridized carbons (Fsp3) is 0.500. The molecule has 1 saturated carbocycles. The van der Waals surface area contributed by atoms with E-state index in [-0.39, 0.29) is 5.91 Å². The number of hydrogen-bond donors (Lipinski definition) is 1. The summed E-state index contributed by atoms with van der Waals surface area (Å²) in [5.74, 6) is 0.437. The number of pyridine rings is 1. The van der Waals surface area contributed by atoms with Gasteiger partial charge in [-0.25, -0.2) is 4.98 Å². The molecule has 1 heterocycles. The quantitative estimate of drug-likeness (QED) is 0.823. The van der Waals surface area contributed by atoms with Gasteiger partial charge in [0.2, 0.25) is 0 Å². The minimum atomic E-state index is 0.0426. The maximum Gasteiger partial charge on any atom is 0.254 e. The Morgan fingerprint density at radius 3 is 2.81 bits per heavy atom. The summed E-state index contributed by atoms with van der Waals surface area (Å²) in [5, 5.41) is 0. The van der Waals surface area contributed by atoms with Crippen LogP contribution in [0.15, 0.2) is 18.3 Å². The van der Waals surface area contributed by atoms with Crippen LogP contribution in [0, 0.1) is 0 Å². The van der Waals surface area contributed by atoms with E-state index in [9.17, 15) is 4.79 Å². The van der Waals surface area contributed by atoms with Crippen LogP contribution in [-0.4, -0.2) is 28.9 Å². The highest BCUT2D eigenvalue weighted by molar-refractivity contribution is 5.94. The van der Waals surface area contributed by atoms with Crippen LogP contribution in [0.2, 0.25) is 0 Å². The van der Waals surface area contributed by atoms with Crippen LogP contribution in [0.25, 0.3) is 0 Å². The Morgan fingerprint density at radius 2 is 2.19 bits per heavy atom. The Labute approximate surface area is 95.5 Å². The van der Waals surface area contributed by atoms with E-state index >= 15 is 0 Å². The lowest BCUT2D eigenvalue weighted by atomic mass is 10.1. The first kappa shape index (κ1) is 10.9. The second-order valence-electron chi connectivity index (χ2n) is 4.32. The van der Waals surface area contributed by atoms with E-state index in [4.69, 9.17) is 5.73 Å². The van der Waals surface area contributed by atoms with Gasteiger partial charge in [-0.15, -0.1) is 0 Å². The minimum Gasteiger partial charge on any atom is -0.384 e. The van der Waals surface area contributed by atoms with Crippen molar-refractivity contribution in [1.29, 1.82) is 0 Å². The van der Waals surface area contributed by atoms with Crippen molar-refractivity contribution in [3.63, 3.8) is 0 Å². The Kier molecular flexibility index (Phi) is 3.08. The summed E-state index contributed by atoms with van der Waals surface area (Å²) in [6, 6.07) is 3.74. The molecule has 2 N–H and O–H groups in total. The summed E-state index contributed by atoms with van der Waals surface area (Å²) in [6.45, 7) is 0. The molecule has 4 nitrogen and oxygen atoms in total. The second kappa shape index (κ2) is 4.51. The highest BCUT2D eigenvalue weighted by Crippen LogP contribution is 2.23. The summed E-state index contributed by atoms with van der Waals surface area (Å²) in [5.41, 5.74) is 6.19. The summed E-state index contributed by atoms with van der Waals surface area (Å²) in [6.07, 6.45) is 6.25. The van der Waals surface area contributed by atoms with Crippen LogP contribution in [0.1, 0.15) is 36.0 Å². The zero-order valence-corrected chi connectivity index (χ0v) is 9.52. The molecule has 0 atom stereocenters. The monoisotopic (exact) mass is 219 g/mol. The lowest BCUT2D eigenvalue weighted by Crippen LogP contribution is -2.35. The van der Waals surface area contributed by atoms with Gasteiger partial charge in [-0.05, 0) is 25.0 Å². The van der Waals surface area contributed by atoms with Crippen LogP contribution in [0.5, 0.6) is 0 Å². The molecule has 1 aliphatic rings. The third-order valence-electron chi connectivity index (χ3n) is 3.22. The SMILES string of the molecule is CN(C(=O)c1ccnc(N)c1)C1CCCC1.